The first-order chi connectivity index (χ1) is 10.6. The van der Waals surface area contributed by atoms with Gasteiger partial charge in [-0.2, -0.15) is 5.10 Å². The fraction of sp³-hybridized carbons (Fsp3) is 0.0714. The predicted octanol–water partition coefficient (Wildman–Crippen LogP) is 3.34. The van der Waals surface area contributed by atoms with Crippen molar-refractivity contribution in [2.24, 2.45) is 5.10 Å². The summed E-state index contributed by atoms with van der Waals surface area (Å²) in [6.07, 6.45) is 11.6. The summed E-state index contributed by atoms with van der Waals surface area (Å²) >= 11 is 0. The molecule has 0 radical (unpaired) electrons. The lowest BCUT2D eigenvalue weighted by Gasteiger charge is -2.04. The summed E-state index contributed by atoms with van der Waals surface area (Å²) in [7, 11) is 0. The van der Waals surface area contributed by atoms with Crippen molar-refractivity contribution in [3.8, 4) is 0 Å². The van der Waals surface area contributed by atoms with Crippen molar-refractivity contribution in [2.75, 3.05) is 5.43 Å². The highest BCUT2D eigenvalue weighted by atomic mass is 16.6. The lowest BCUT2D eigenvalue weighted by Crippen LogP contribution is -2.02. The Morgan fingerprint density at radius 3 is 2.55 bits per heavy atom. The fourth-order valence-corrected chi connectivity index (χ4v) is 1.72. The zero-order valence-corrected chi connectivity index (χ0v) is 11.4. The second kappa shape index (κ2) is 6.93. The van der Waals surface area contributed by atoms with Crippen LogP contribution < -0.4 is 5.43 Å². The van der Waals surface area contributed by atoms with Gasteiger partial charge in [-0.3, -0.25) is 25.7 Å². The van der Waals surface area contributed by atoms with Gasteiger partial charge in [0.05, 0.1) is 21.6 Å². The lowest BCUT2D eigenvalue weighted by molar-refractivity contribution is -0.393. The average Bonchev–Trinajstić information content (AvgIpc) is 2.45. The molecule has 0 spiro atoms. The summed E-state index contributed by atoms with van der Waals surface area (Å²) in [5.41, 5.74) is 2.62. The molecule has 0 saturated heterocycles. The summed E-state index contributed by atoms with van der Waals surface area (Å²) in [6.45, 7) is 0. The van der Waals surface area contributed by atoms with Gasteiger partial charge in [0.15, 0.2) is 0 Å². The van der Waals surface area contributed by atoms with Gasteiger partial charge in [0.25, 0.3) is 5.69 Å². The van der Waals surface area contributed by atoms with E-state index in [0.717, 1.165) is 6.07 Å². The molecule has 1 N–H and O–H groups in total. The Balaban J connectivity index is 2.27. The number of non-ortho nitro benzene ring substituents is 1. The highest BCUT2D eigenvalue weighted by Gasteiger charge is 2.19. The molecule has 112 valence electrons. The summed E-state index contributed by atoms with van der Waals surface area (Å²) in [4.78, 5) is 20.3. The Morgan fingerprint density at radius 1 is 1.05 bits per heavy atom. The molecule has 1 aliphatic rings. The van der Waals surface area contributed by atoms with Crippen molar-refractivity contribution in [3.05, 3.63) is 74.9 Å². The van der Waals surface area contributed by atoms with Crippen LogP contribution in [0.1, 0.15) is 6.42 Å². The molecule has 8 nitrogen and oxygen atoms in total. The molecule has 0 saturated carbocycles. The summed E-state index contributed by atoms with van der Waals surface area (Å²) < 4.78 is 0. The molecule has 0 heterocycles. The van der Waals surface area contributed by atoms with Gasteiger partial charge in [0, 0.05) is 12.5 Å². The molecule has 1 aromatic carbocycles. The van der Waals surface area contributed by atoms with Crippen LogP contribution in [0.25, 0.3) is 0 Å². The van der Waals surface area contributed by atoms with Crippen LogP contribution in [0.4, 0.5) is 17.1 Å². The number of hydrazone groups is 1. The quantitative estimate of drug-likeness (QED) is 0.677. The molecule has 0 aliphatic heterocycles. The van der Waals surface area contributed by atoms with Crippen LogP contribution in [0.2, 0.25) is 0 Å². The Bertz CT molecular complexity index is 720. The molecule has 1 aromatic rings. The third kappa shape index (κ3) is 3.85. The largest absolute Gasteiger partial charge is 0.301 e. The Hall–Kier alpha value is -3.29. The van der Waals surface area contributed by atoms with Crippen molar-refractivity contribution in [3.63, 3.8) is 0 Å². The number of rotatable bonds is 4. The fourth-order valence-electron chi connectivity index (χ4n) is 1.72. The number of allylic oxidation sites excluding steroid dienone is 6. The van der Waals surface area contributed by atoms with E-state index in [0.29, 0.717) is 12.1 Å². The topological polar surface area (TPSA) is 111 Å². The number of anilines is 1. The van der Waals surface area contributed by atoms with Crippen molar-refractivity contribution in [1.82, 2.24) is 0 Å². The van der Waals surface area contributed by atoms with Gasteiger partial charge in [0.1, 0.15) is 5.69 Å². The Labute approximate surface area is 125 Å². The van der Waals surface area contributed by atoms with Crippen molar-refractivity contribution in [1.29, 1.82) is 0 Å². The monoisotopic (exact) mass is 300 g/mol. The molecular weight excluding hydrogens is 288 g/mol. The molecule has 0 amide bonds. The van der Waals surface area contributed by atoms with Crippen LogP contribution in [-0.2, 0) is 0 Å². The molecule has 0 aromatic heterocycles. The minimum Gasteiger partial charge on any atom is -0.271 e. The second-order valence-corrected chi connectivity index (χ2v) is 4.31. The summed E-state index contributed by atoms with van der Waals surface area (Å²) in [5.74, 6) is 0. The lowest BCUT2D eigenvalue weighted by atomic mass is 10.2. The normalized spacial score (nSPS) is 15.4. The van der Waals surface area contributed by atoms with Crippen LogP contribution in [0.3, 0.4) is 0 Å². The Morgan fingerprint density at radius 2 is 1.82 bits per heavy atom. The first-order valence-corrected chi connectivity index (χ1v) is 6.33. The van der Waals surface area contributed by atoms with Crippen LogP contribution in [-0.4, -0.2) is 15.6 Å². The minimum absolute atomic E-state index is 0.0954. The van der Waals surface area contributed by atoms with Gasteiger partial charge in [-0.25, -0.2) is 0 Å². The SMILES string of the molecule is O=[N+]([O-])c1ccc(N/N=C2\C=CC=CC=CC2)c([N+](=O)[O-])c1. The second-order valence-electron chi connectivity index (χ2n) is 4.31. The van der Waals surface area contributed by atoms with Gasteiger partial charge in [0.2, 0.25) is 0 Å². The number of nitrogens with zero attached hydrogens (tertiary/aromatic N) is 3. The number of nitro groups is 2. The average molecular weight is 300 g/mol. The molecule has 0 atom stereocenters. The minimum atomic E-state index is -0.688. The van der Waals surface area contributed by atoms with Gasteiger partial charge in [-0.05, 0) is 12.1 Å². The maximum Gasteiger partial charge on any atom is 0.301 e. The maximum atomic E-state index is 11.0. The third-order valence-electron chi connectivity index (χ3n) is 2.79. The number of benzene rings is 1. The van der Waals surface area contributed by atoms with E-state index >= 15 is 0 Å². The number of nitrogens with one attached hydrogen (secondary N) is 1. The number of nitro benzene ring substituents is 2. The van der Waals surface area contributed by atoms with E-state index in [-0.39, 0.29) is 11.4 Å². The van der Waals surface area contributed by atoms with E-state index in [4.69, 9.17) is 0 Å². The molecule has 1 aliphatic carbocycles. The van der Waals surface area contributed by atoms with Gasteiger partial charge < -0.3 is 0 Å². The molecule has 0 bridgehead atoms. The van der Waals surface area contributed by atoms with Gasteiger partial charge >= 0.3 is 5.69 Å². The van der Waals surface area contributed by atoms with Crippen molar-refractivity contribution in [2.45, 2.75) is 6.42 Å². The van der Waals surface area contributed by atoms with Crippen LogP contribution in [0.5, 0.6) is 0 Å². The molecule has 22 heavy (non-hydrogen) atoms. The molecule has 0 unspecified atom stereocenters. The summed E-state index contributed by atoms with van der Waals surface area (Å²) in [5, 5.41) is 25.8. The van der Waals surface area contributed by atoms with Crippen LogP contribution in [0, 0.1) is 20.2 Å². The molecule has 8 heteroatoms. The van der Waals surface area contributed by atoms with E-state index in [1.54, 1.807) is 12.2 Å². The molecular formula is C14H12N4O4. The Kier molecular flexibility index (Phi) is 4.76. The number of hydrogen-bond acceptors (Lipinski definition) is 6. The van der Waals surface area contributed by atoms with Gasteiger partial charge in [-0.15, -0.1) is 0 Å². The van der Waals surface area contributed by atoms with E-state index in [1.165, 1.54) is 12.1 Å². The smallest absolute Gasteiger partial charge is 0.271 e. The number of hydrogen-bond donors (Lipinski definition) is 1. The first-order valence-electron chi connectivity index (χ1n) is 6.33. The van der Waals surface area contributed by atoms with Crippen molar-refractivity contribution < 1.29 is 9.85 Å². The zero-order valence-electron chi connectivity index (χ0n) is 11.4. The van der Waals surface area contributed by atoms with Gasteiger partial charge in [-0.1, -0.05) is 30.4 Å². The van der Waals surface area contributed by atoms with E-state index < -0.39 is 15.5 Å². The highest BCUT2D eigenvalue weighted by Crippen LogP contribution is 2.28. The van der Waals surface area contributed by atoms with Crippen LogP contribution in [0.15, 0.2) is 59.8 Å². The van der Waals surface area contributed by atoms with Crippen molar-refractivity contribution >= 4 is 22.8 Å². The zero-order chi connectivity index (χ0) is 15.9. The molecule has 2 rings (SSSR count). The summed E-state index contributed by atoms with van der Waals surface area (Å²) in [6, 6.07) is 3.36. The van der Waals surface area contributed by atoms with E-state index in [2.05, 4.69) is 10.5 Å². The standard InChI is InChI=1S/C14H12N4O4/c19-17(20)12-8-9-13(14(10-12)18(21)22)16-15-11-6-4-2-1-3-5-7-11/h1-6,8-10,16H,7H2/b2-1?,5-3?,6-4?,15-11+. The van der Waals surface area contributed by atoms with E-state index in [1.807, 2.05) is 24.3 Å². The highest BCUT2D eigenvalue weighted by molar-refractivity contribution is 5.96. The predicted molar refractivity (Wildman–Crippen MR) is 82.8 cm³/mol. The third-order valence-corrected chi connectivity index (χ3v) is 2.79. The van der Waals surface area contributed by atoms with Crippen LogP contribution >= 0.6 is 0 Å². The first kappa shape index (κ1) is 15.1. The van der Waals surface area contributed by atoms with E-state index in [9.17, 15) is 20.2 Å². The maximum absolute atomic E-state index is 11.0. The molecule has 0 fully saturated rings.